The number of hydrazine groups is 1. The number of hydrogen-bond donors (Lipinski definition) is 3. The molecule has 4 heteroatoms. The molecule has 3 N–H and O–H groups in total. The Hall–Kier alpha value is -1.10. The maximum atomic E-state index is 10.4. The van der Waals surface area contributed by atoms with E-state index in [1.54, 1.807) is 0 Å². The van der Waals surface area contributed by atoms with Crippen LogP contribution in [0, 0.1) is 0 Å². The second kappa shape index (κ2) is 15.0. The average Bonchev–Trinajstić information content (AvgIpc) is 2.63. The number of aliphatic hydroxyl groups excluding tert-OH is 2. The van der Waals surface area contributed by atoms with Gasteiger partial charge in [-0.15, -0.1) is 0 Å². The van der Waals surface area contributed by atoms with Gasteiger partial charge in [0.1, 0.15) is 0 Å². The quantitative estimate of drug-likeness (QED) is 0.286. The van der Waals surface area contributed by atoms with Gasteiger partial charge in [0.25, 0.3) is 0 Å². The number of para-hydroxylation sites is 1. The minimum Gasteiger partial charge on any atom is -0.392 e. The summed E-state index contributed by atoms with van der Waals surface area (Å²) in [5, 5.41) is 22.8. The number of rotatable bonds is 16. The lowest BCUT2D eigenvalue weighted by Crippen LogP contribution is -2.41. The highest BCUT2D eigenvalue weighted by Crippen LogP contribution is 2.12. The molecule has 0 radical (unpaired) electrons. The topological polar surface area (TPSA) is 55.7 Å². The van der Waals surface area contributed by atoms with E-state index in [-0.39, 0.29) is 12.2 Å². The Morgan fingerprint density at radius 2 is 1.27 bits per heavy atom. The normalized spacial score (nSPS) is 13.7. The van der Waals surface area contributed by atoms with E-state index in [0.29, 0.717) is 13.1 Å². The van der Waals surface area contributed by atoms with Gasteiger partial charge in [0.05, 0.1) is 12.2 Å². The van der Waals surface area contributed by atoms with Crippen LogP contribution < -0.4 is 5.43 Å². The lowest BCUT2D eigenvalue weighted by molar-refractivity contribution is 0.0730. The monoisotopic (exact) mass is 364 g/mol. The molecular formula is C22H40N2O2. The number of anilines is 1. The fourth-order valence-corrected chi connectivity index (χ4v) is 3.17. The van der Waals surface area contributed by atoms with Gasteiger partial charge in [-0.25, -0.2) is 5.01 Å². The van der Waals surface area contributed by atoms with E-state index < -0.39 is 0 Å². The lowest BCUT2D eigenvalue weighted by atomic mass is 10.1. The highest BCUT2D eigenvalue weighted by Gasteiger charge is 2.16. The standard InChI is InChI=1S/C22H40N2O2/c1-3-5-7-12-16-21(25)18-24(23-20-14-10-9-11-15-20)19-22(26)17-13-8-6-4-2/h9-11,14-15,21-23,25-26H,3-8,12-13,16-19H2,1-2H3. The smallest absolute Gasteiger partial charge is 0.0685 e. The third kappa shape index (κ3) is 11.5. The predicted molar refractivity (Wildman–Crippen MR) is 111 cm³/mol. The molecule has 4 nitrogen and oxygen atoms in total. The van der Waals surface area contributed by atoms with Crippen LogP contribution in [0.2, 0.25) is 0 Å². The highest BCUT2D eigenvalue weighted by molar-refractivity contribution is 5.41. The van der Waals surface area contributed by atoms with Gasteiger partial charge in [0.2, 0.25) is 0 Å². The van der Waals surface area contributed by atoms with Crippen molar-refractivity contribution < 1.29 is 10.2 Å². The molecule has 0 spiro atoms. The molecule has 1 rings (SSSR count). The van der Waals surface area contributed by atoms with Crippen molar-refractivity contribution in [3.8, 4) is 0 Å². The zero-order valence-corrected chi connectivity index (χ0v) is 16.9. The molecule has 0 saturated carbocycles. The van der Waals surface area contributed by atoms with E-state index in [0.717, 1.165) is 31.4 Å². The number of nitrogens with one attached hydrogen (secondary N) is 1. The average molecular weight is 365 g/mol. The van der Waals surface area contributed by atoms with Crippen LogP contribution in [0.15, 0.2) is 30.3 Å². The molecular weight excluding hydrogens is 324 g/mol. The van der Waals surface area contributed by atoms with Crippen molar-refractivity contribution in [1.29, 1.82) is 0 Å². The molecule has 1 aromatic rings. The summed E-state index contributed by atoms with van der Waals surface area (Å²) in [6, 6.07) is 9.98. The number of benzene rings is 1. The second-order valence-electron chi connectivity index (χ2n) is 7.39. The summed E-state index contributed by atoms with van der Waals surface area (Å²) in [5.74, 6) is 0. The van der Waals surface area contributed by atoms with Crippen LogP contribution >= 0.6 is 0 Å². The Morgan fingerprint density at radius 3 is 1.73 bits per heavy atom. The molecule has 0 aliphatic rings. The highest BCUT2D eigenvalue weighted by atomic mass is 16.3. The van der Waals surface area contributed by atoms with Crippen LogP contribution in [-0.4, -0.2) is 40.5 Å². The summed E-state index contributed by atoms with van der Waals surface area (Å²) < 4.78 is 0. The molecule has 1 aromatic carbocycles. The number of hydrogen-bond acceptors (Lipinski definition) is 4. The van der Waals surface area contributed by atoms with E-state index in [1.807, 2.05) is 35.3 Å². The molecule has 2 atom stereocenters. The zero-order chi connectivity index (χ0) is 19.0. The minimum atomic E-state index is -0.365. The third-order valence-electron chi connectivity index (χ3n) is 4.71. The van der Waals surface area contributed by atoms with Crippen molar-refractivity contribution >= 4 is 5.69 Å². The van der Waals surface area contributed by atoms with Gasteiger partial charge in [-0.3, -0.25) is 0 Å². The molecule has 0 bridgehead atoms. The Bertz CT molecular complexity index is 407. The summed E-state index contributed by atoms with van der Waals surface area (Å²) >= 11 is 0. The predicted octanol–water partition coefficient (Wildman–Crippen LogP) is 4.98. The molecule has 0 aromatic heterocycles. The van der Waals surface area contributed by atoms with Crippen LogP contribution in [0.3, 0.4) is 0 Å². The Balaban J connectivity index is 2.47. The maximum absolute atomic E-state index is 10.4. The number of aliphatic hydroxyl groups is 2. The molecule has 0 aliphatic heterocycles. The first-order chi connectivity index (χ1) is 12.7. The summed E-state index contributed by atoms with van der Waals surface area (Å²) in [5.41, 5.74) is 4.35. The van der Waals surface area contributed by atoms with E-state index >= 15 is 0 Å². The van der Waals surface area contributed by atoms with Crippen LogP contribution in [0.4, 0.5) is 5.69 Å². The second-order valence-corrected chi connectivity index (χ2v) is 7.39. The van der Waals surface area contributed by atoms with Crippen molar-refractivity contribution in [3.05, 3.63) is 30.3 Å². The summed E-state index contributed by atoms with van der Waals surface area (Å²) in [6.45, 7) is 5.47. The first-order valence-corrected chi connectivity index (χ1v) is 10.6. The van der Waals surface area contributed by atoms with E-state index in [9.17, 15) is 10.2 Å². The number of unbranched alkanes of at least 4 members (excludes halogenated alkanes) is 6. The van der Waals surface area contributed by atoms with Crippen molar-refractivity contribution in [2.24, 2.45) is 0 Å². The van der Waals surface area contributed by atoms with Gasteiger partial charge in [-0.2, -0.15) is 0 Å². The van der Waals surface area contributed by atoms with Crippen LogP contribution in [0.25, 0.3) is 0 Å². The fraction of sp³-hybridized carbons (Fsp3) is 0.727. The van der Waals surface area contributed by atoms with E-state index in [4.69, 9.17) is 0 Å². The van der Waals surface area contributed by atoms with Crippen molar-refractivity contribution in [2.45, 2.75) is 90.3 Å². The van der Waals surface area contributed by atoms with Gasteiger partial charge in [0, 0.05) is 18.8 Å². The van der Waals surface area contributed by atoms with Crippen molar-refractivity contribution in [2.75, 3.05) is 18.5 Å². The Kier molecular flexibility index (Phi) is 13.2. The van der Waals surface area contributed by atoms with Gasteiger partial charge in [-0.1, -0.05) is 83.4 Å². The first kappa shape index (κ1) is 22.9. The SMILES string of the molecule is CCCCCCC(O)CN(CC(O)CCCCCC)Nc1ccccc1. The first-order valence-electron chi connectivity index (χ1n) is 10.6. The third-order valence-corrected chi connectivity index (χ3v) is 4.71. The van der Waals surface area contributed by atoms with Crippen LogP contribution in [0.5, 0.6) is 0 Å². The molecule has 0 amide bonds. The Labute approximate surface area is 160 Å². The molecule has 150 valence electrons. The van der Waals surface area contributed by atoms with Gasteiger partial charge in [0.15, 0.2) is 0 Å². The summed E-state index contributed by atoms with van der Waals surface area (Å²) in [7, 11) is 0. The zero-order valence-electron chi connectivity index (χ0n) is 16.9. The van der Waals surface area contributed by atoms with E-state index in [2.05, 4.69) is 19.3 Å². The maximum Gasteiger partial charge on any atom is 0.0685 e. The molecule has 2 unspecified atom stereocenters. The largest absolute Gasteiger partial charge is 0.392 e. The summed E-state index contributed by atoms with van der Waals surface area (Å²) in [4.78, 5) is 0. The lowest BCUT2D eigenvalue weighted by Gasteiger charge is -2.28. The Morgan fingerprint density at radius 1 is 0.769 bits per heavy atom. The van der Waals surface area contributed by atoms with Crippen LogP contribution in [0.1, 0.15) is 78.1 Å². The minimum absolute atomic E-state index is 0.365. The van der Waals surface area contributed by atoms with Gasteiger partial charge >= 0.3 is 0 Å². The fourth-order valence-electron chi connectivity index (χ4n) is 3.17. The molecule has 26 heavy (non-hydrogen) atoms. The van der Waals surface area contributed by atoms with Crippen LogP contribution in [-0.2, 0) is 0 Å². The molecule has 0 heterocycles. The number of nitrogens with zero attached hydrogens (tertiary/aromatic N) is 1. The van der Waals surface area contributed by atoms with Crippen molar-refractivity contribution in [1.82, 2.24) is 5.01 Å². The molecule has 0 aliphatic carbocycles. The van der Waals surface area contributed by atoms with E-state index in [1.165, 1.54) is 38.5 Å². The molecule has 0 saturated heterocycles. The summed E-state index contributed by atoms with van der Waals surface area (Å²) in [6.07, 6.45) is 10.3. The molecule has 0 fully saturated rings. The van der Waals surface area contributed by atoms with Gasteiger partial charge in [-0.05, 0) is 25.0 Å². The van der Waals surface area contributed by atoms with Crippen molar-refractivity contribution in [3.63, 3.8) is 0 Å². The van der Waals surface area contributed by atoms with Gasteiger partial charge < -0.3 is 15.6 Å².